The Morgan fingerprint density at radius 1 is 1.56 bits per heavy atom. The number of nitrogens with zero attached hydrogens (tertiary/aromatic N) is 2. The lowest BCUT2D eigenvalue weighted by molar-refractivity contribution is 0.324. The first kappa shape index (κ1) is 9.96. The Kier molecular flexibility index (Phi) is 2.10. The van der Waals surface area contributed by atoms with Crippen LogP contribution in [0.15, 0.2) is 21.4 Å². The average molecular weight is 283 g/mol. The minimum Gasteiger partial charge on any atom is -0.488 e. The predicted octanol–water partition coefficient (Wildman–Crippen LogP) is 2.61. The van der Waals surface area contributed by atoms with E-state index in [9.17, 15) is 0 Å². The smallest absolute Gasteiger partial charge is 0.211 e. The van der Waals surface area contributed by atoms with Crippen LogP contribution >= 0.6 is 15.9 Å². The fraction of sp³-hybridized carbons (Fsp3) is 0.364. The molecule has 1 aliphatic heterocycles. The summed E-state index contributed by atoms with van der Waals surface area (Å²) >= 11 is 3.33. The first-order chi connectivity index (χ1) is 7.66. The Hall–Kier alpha value is -1.23. The number of hydrogen-bond acceptors (Lipinski definition) is 3. The summed E-state index contributed by atoms with van der Waals surface area (Å²) in [5, 5.41) is 4.35. The van der Waals surface area contributed by atoms with Crippen molar-refractivity contribution in [3.05, 3.63) is 34.0 Å². The molecule has 0 N–H and O–H groups in total. The van der Waals surface area contributed by atoms with Crippen molar-refractivity contribution in [3.8, 4) is 5.75 Å². The van der Waals surface area contributed by atoms with Gasteiger partial charge in [-0.25, -0.2) is 0 Å². The molecule has 16 heavy (non-hydrogen) atoms. The van der Waals surface area contributed by atoms with Crippen LogP contribution in [0.2, 0.25) is 0 Å². The van der Waals surface area contributed by atoms with E-state index in [4.69, 9.17) is 9.15 Å². The monoisotopic (exact) mass is 282 g/mol. The van der Waals surface area contributed by atoms with E-state index in [-0.39, 0.29) is 5.92 Å². The van der Waals surface area contributed by atoms with E-state index in [0.717, 1.165) is 22.7 Å². The molecule has 0 aromatic carbocycles. The molecule has 0 amide bonds. The van der Waals surface area contributed by atoms with E-state index in [1.54, 1.807) is 6.26 Å². The third kappa shape index (κ3) is 1.31. The van der Waals surface area contributed by atoms with Crippen LogP contribution in [-0.2, 0) is 7.05 Å². The summed E-state index contributed by atoms with van der Waals surface area (Å²) < 4.78 is 13.5. The number of rotatable bonds is 1. The summed E-state index contributed by atoms with van der Waals surface area (Å²) in [4.78, 5) is 0. The maximum atomic E-state index is 5.62. The molecule has 5 heteroatoms. The Morgan fingerprint density at radius 2 is 2.38 bits per heavy atom. The highest BCUT2D eigenvalue weighted by Crippen LogP contribution is 2.43. The second-order valence-corrected chi connectivity index (χ2v) is 4.71. The highest BCUT2D eigenvalue weighted by Gasteiger charge is 2.32. The zero-order valence-electron chi connectivity index (χ0n) is 9.03. The number of fused-ring (bicyclic) bond motifs is 1. The van der Waals surface area contributed by atoms with Gasteiger partial charge in [0, 0.05) is 18.3 Å². The quantitative estimate of drug-likeness (QED) is 0.807. The Balaban J connectivity index is 2.07. The van der Waals surface area contributed by atoms with Crippen molar-refractivity contribution in [2.75, 3.05) is 6.61 Å². The Morgan fingerprint density at radius 3 is 3.06 bits per heavy atom. The third-order valence-electron chi connectivity index (χ3n) is 2.90. The van der Waals surface area contributed by atoms with Crippen molar-refractivity contribution in [2.45, 2.75) is 12.8 Å². The molecule has 1 aliphatic rings. The summed E-state index contributed by atoms with van der Waals surface area (Å²) in [6.07, 6.45) is 1.75. The molecule has 3 heterocycles. The van der Waals surface area contributed by atoms with E-state index in [1.165, 1.54) is 0 Å². The maximum absolute atomic E-state index is 5.62. The highest BCUT2D eigenvalue weighted by atomic mass is 79.9. The zero-order valence-corrected chi connectivity index (χ0v) is 10.6. The van der Waals surface area contributed by atoms with Gasteiger partial charge in [-0.05, 0) is 28.9 Å². The van der Waals surface area contributed by atoms with Crippen molar-refractivity contribution >= 4 is 15.9 Å². The fourth-order valence-electron chi connectivity index (χ4n) is 2.17. The molecule has 0 fully saturated rings. The molecule has 0 saturated carbocycles. The van der Waals surface area contributed by atoms with E-state index < -0.39 is 0 Å². The van der Waals surface area contributed by atoms with Crippen molar-refractivity contribution < 1.29 is 9.15 Å². The SMILES string of the molecule is Cc1cc(C2COc3c2coc3Br)n(C)n1. The number of aromatic nitrogens is 2. The standard InChI is InChI=1S/C11H11BrN2O2/c1-6-3-9(14(2)13-6)7-4-15-10-8(7)5-16-11(10)12/h3,5,7H,4H2,1-2H3. The van der Waals surface area contributed by atoms with Gasteiger partial charge in [-0.3, -0.25) is 4.68 Å². The molecule has 1 unspecified atom stereocenters. The molecule has 0 aliphatic carbocycles. The van der Waals surface area contributed by atoms with Crippen LogP contribution in [0.3, 0.4) is 0 Å². The average Bonchev–Trinajstić information content (AvgIpc) is 2.85. The van der Waals surface area contributed by atoms with Gasteiger partial charge in [0.2, 0.25) is 4.67 Å². The van der Waals surface area contributed by atoms with Gasteiger partial charge in [-0.2, -0.15) is 5.10 Å². The first-order valence-electron chi connectivity index (χ1n) is 5.07. The predicted molar refractivity (Wildman–Crippen MR) is 61.7 cm³/mol. The van der Waals surface area contributed by atoms with Gasteiger partial charge in [-0.15, -0.1) is 0 Å². The van der Waals surface area contributed by atoms with Crippen LogP contribution in [0.5, 0.6) is 5.75 Å². The van der Waals surface area contributed by atoms with Gasteiger partial charge in [0.15, 0.2) is 5.75 Å². The molecule has 84 valence electrons. The number of halogens is 1. The van der Waals surface area contributed by atoms with Gasteiger partial charge < -0.3 is 9.15 Å². The first-order valence-corrected chi connectivity index (χ1v) is 5.86. The molecular weight excluding hydrogens is 272 g/mol. The van der Waals surface area contributed by atoms with Crippen LogP contribution < -0.4 is 4.74 Å². The minimum absolute atomic E-state index is 0.219. The molecule has 1 atom stereocenters. The Bertz CT molecular complexity index is 544. The van der Waals surface area contributed by atoms with E-state index in [1.807, 2.05) is 18.7 Å². The second-order valence-electron chi connectivity index (χ2n) is 3.99. The normalized spacial score (nSPS) is 18.6. The van der Waals surface area contributed by atoms with E-state index in [2.05, 4.69) is 27.1 Å². The number of ether oxygens (including phenoxy) is 1. The van der Waals surface area contributed by atoms with Crippen molar-refractivity contribution in [1.82, 2.24) is 9.78 Å². The molecule has 0 saturated heterocycles. The van der Waals surface area contributed by atoms with Crippen molar-refractivity contribution in [3.63, 3.8) is 0 Å². The summed E-state index contributed by atoms with van der Waals surface area (Å²) in [6.45, 7) is 2.64. The molecule has 4 nitrogen and oxygen atoms in total. The second kappa shape index (κ2) is 3.38. The van der Waals surface area contributed by atoms with Crippen LogP contribution in [0, 0.1) is 6.92 Å². The van der Waals surface area contributed by atoms with Gasteiger partial charge in [0.25, 0.3) is 0 Å². The minimum atomic E-state index is 0.219. The summed E-state index contributed by atoms with van der Waals surface area (Å²) in [7, 11) is 1.95. The van der Waals surface area contributed by atoms with Gasteiger partial charge in [0.05, 0.1) is 17.9 Å². The van der Waals surface area contributed by atoms with Crippen LogP contribution in [0.25, 0.3) is 0 Å². The summed E-state index contributed by atoms with van der Waals surface area (Å²) in [6, 6.07) is 2.09. The van der Waals surface area contributed by atoms with Gasteiger partial charge in [0.1, 0.15) is 6.61 Å². The molecule has 0 spiro atoms. The number of aryl methyl sites for hydroxylation is 2. The van der Waals surface area contributed by atoms with Crippen LogP contribution in [0.1, 0.15) is 22.9 Å². The fourth-order valence-corrected chi connectivity index (χ4v) is 2.61. The molecule has 2 aromatic heterocycles. The molecule has 3 rings (SSSR count). The molecule has 2 aromatic rings. The van der Waals surface area contributed by atoms with Gasteiger partial charge >= 0.3 is 0 Å². The summed E-state index contributed by atoms with van der Waals surface area (Å²) in [5.41, 5.74) is 3.27. The lowest BCUT2D eigenvalue weighted by Gasteiger charge is -2.07. The lowest BCUT2D eigenvalue weighted by Crippen LogP contribution is -2.08. The van der Waals surface area contributed by atoms with E-state index in [0.29, 0.717) is 11.3 Å². The lowest BCUT2D eigenvalue weighted by atomic mass is 10.0. The molecule has 0 bridgehead atoms. The summed E-state index contributed by atoms with van der Waals surface area (Å²) in [5.74, 6) is 1.04. The highest BCUT2D eigenvalue weighted by molar-refractivity contribution is 9.10. The number of furan rings is 1. The maximum Gasteiger partial charge on any atom is 0.211 e. The Labute approximate surface area is 101 Å². The van der Waals surface area contributed by atoms with Crippen LogP contribution in [0.4, 0.5) is 0 Å². The van der Waals surface area contributed by atoms with Crippen molar-refractivity contribution in [1.29, 1.82) is 0 Å². The largest absolute Gasteiger partial charge is 0.488 e. The third-order valence-corrected chi connectivity index (χ3v) is 3.44. The van der Waals surface area contributed by atoms with Crippen LogP contribution in [-0.4, -0.2) is 16.4 Å². The topological polar surface area (TPSA) is 40.2 Å². The molecular formula is C11H11BrN2O2. The van der Waals surface area contributed by atoms with Crippen molar-refractivity contribution in [2.24, 2.45) is 7.05 Å². The van der Waals surface area contributed by atoms with E-state index >= 15 is 0 Å². The number of hydrogen-bond donors (Lipinski definition) is 0. The van der Waals surface area contributed by atoms with Gasteiger partial charge in [-0.1, -0.05) is 0 Å². The molecule has 0 radical (unpaired) electrons. The zero-order chi connectivity index (χ0) is 11.3.